The Morgan fingerprint density at radius 1 is 1.11 bits per heavy atom. The number of cyclic esters (lactones) is 1. The molecule has 0 saturated carbocycles. The van der Waals surface area contributed by atoms with Crippen LogP contribution in [0.1, 0.15) is 18.4 Å². The monoisotopic (exact) mass is 380 g/mol. The molecule has 2 aromatic rings. The zero-order chi connectivity index (χ0) is 19.3. The maximum atomic E-state index is 12.4. The normalized spacial score (nSPS) is 22.9. The van der Waals surface area contributed by atoms with Crippen LogP contribution in [-0.4, -0.2) is 50.4 Å². The molecule has 1 amide bonds. The highest BCUT2D eigenvalue weighted by molar-refractivity contribution is 5.90. The van der Waals surface area contributed by atoms with Gasteiger partial charge in [0.25, 0.3) is 0 Å². The number of hydrogen-bond acceptors (Lipinski definition) is 4. The van der Waals surface area contributed by atoms with E-state index in [2.05, 4.69) is 35.2 Å². The van der Waals surface area contributed by atoms with Crippen LogP contribution in [-0.2, 0) is 11.2 Å². The third-order valence-electron chi connectivity index (χ3n) is 5.67. The molecule has 2 atom stereocenters. The second-order valence-electron chi connectivity index (χ2n) is 7.78. The number of amides is 1. The minimum atomic E-state index is -0.268. The number of piperidine rings is 1. The van der Waals surface area contributed by atoms with Gasteiger partial charge in [-0.1, -0.05) is 36.4 Å². The van der Waals surface area contributed by atoms with Crippen LogP contribution in [0.4, 0.5) is 10.5 Å². The standard InChI is InChI=1S/C23H28N2O3/c1-27-21-11-5-10-20(14-21)25-17-22(28-23(25)26)16-24-12-6-9-19(15-24)13-18-7-3-2-4-8-18/h2-5,7-8,10-11,14,19,22H,6,9,12-13,15-17H2,1H3. The number of hydrogen-bond donors (Lipinski definition) is 0. The average Bonchev–Trinajstić information content (AvgIpc) is 3.09. The molecule has 0 radical (unpaired) electrons. The van der Waals surface area contributed by atoms with Crippen molar-refractivity contribution >= 4 is 11.8 Å². The topological polar surface area (TPSA) is 42.0 Å². The van der Waals surface area contributed by atoms with Crippen molar-refractivity contribution in [2.24, 2.45) is 5.92 Å². The first-order valence-electron chi connectivity index (χ1n) is 10.1. The summed E-state index contributed by atoms with van der Waals surface area (Å²) in [7, 11) is 1.63. The molecule has 5 heteroatoms. The number of carbonyl (C=O) groups excluding carboxylic acids is 1. The minimum absolute atomic E-state index is 0.0887. The van der Waals surface area contributed by atoms with E-state index in [0.717, 1.165) is 37.5 Å². The largest absolute Gasteiger partial charge is 0.497 e. The number of nitrogens with zero attached hydrogens (tertiary/aromatic N) is 2. The summed E-state index contributed by atoms with van der Waals surface area (Å²) in [6.07, 6.45) is 3.24. The molecule has 2 heterocycles. The van der Waals surface area contributed by atoms with Gasteiger partial charge < -0.3 is 9.47 Å². The number of ether oxygens (including phenoxy) is 2. The molecular weight excluding hydrogens is 352 g/mol. The maximum absolute atomic E-state index is 12.4. The molecule has 2 unspecified atom stereocenters. The number of likely N-dealkylation sites (tertiary alicyclic amines) is 1. The summed E-state index contributed by atoms with van der Waals surface area (Å²) in [6, 6.07) is 18.3. The molecule has 2 aliphatic rings. The van der Waals surface area contributed by atoms with E-state index in [1.54, 1.807) is 12.0 Å². The van der Waals surface area contributed by atoms with E-state index in [1.807, 2.05) is 24.3 Å². The molecular formula is C23H28N2O3. The molecule has 148 valence electrons. The number of methoxy groups -OCH3 is 1. The zero-order valence-electron chi connectivity index (χ0n) is 16.4. The van der Waals surface area contributed by atoms with Crippen molar-refractivity contribution in [2.75, 3.05) is 38.2 Å². The summed E-state index contributed by atoms with van der Waals surface area (Å²) in [5, 5.41) is 0. The van der Waals surface area contributed by atoms with Crippen LogP contribution in [0.2, 0.25) is 0 Å². The van der Waals surface area contributed by atoms with E-state index < -0.39 is 0 Å². The lowest BCUT2D eigenvalue weighted by atomic mass is 9.91. The highest BCUT2D eigenvalue weighted by Crippen LogP contribution is 2.27. The molecule has 2 fully saturated rings. The lowest BCUT2D eigenvalue weighted by Gasteiger charge is -2.33. The fourth-order valence-electron chi connectivity index (χ4n) is 4.32. The summed E-state index contributed by atoms with van der Waals surface area (Å²) in [4.78, 5) is 16.5. The molecule has 0 N–H and O–H groups in total. The molecule has 2 aromatic carbocycles. The van der Waals surface area contributed by atoms with Gasteiger partial charge in [-0.15, -0.1) is 0 Å². The van der Waals surface area contributed by atoms with Gasteiger partial charge in [0.1, 0.15) is 11.9 Å². The number of benzene rings is 2. The van der Waals surface area contributed by atoms with Gasteiger partial charge in [0, 0.05) is 19.2 Å². The molecule has 0 spiro atoms. The van der Waals surface area contributed by atoms with E-state index in [4.69, 9.17) is 9.47 Å². The first-order chi connectivity index (χ1) is 13.7. The summed E-state index contributed by atoms with van der Waals surface area (Å²) >= 11 is 0. The van der Waals surface area contributed by atoms with Crippen LogP contribution in [0.3, 0.4) is 0 Å². The van der Waals surface area contributed by atoms with Gasteiger partial charge in [0.15, 0.2) is 0 Å². The number of carbonyl (C=O) groups is 1. The summed E-state index contributed by atoms with van der Waals surface area (Å²) in [5.74, 6) is 1.41. The second kappa shape index (κ2) is 8.65. The number of rotatable bonds is 6. The molecule has 0 aromatic heterocycles. The van der Waals surface area contributed by atoms with Gasteiger partial charge in [-0.3, -0.25) is 9.80 Å². The van der Waals surface area contributed by atoms with E-state index in [-0.39, 0.29) is 12.2 Å². The van der Waals surface area contributed by atoms with E-state index in [9.17, 15) is 4.79 Å². The smallest absolute Gasteiger partial charge is 0.414 e. The Morgan fingerprint density at radius 3 is 2.79 bits per heavy atom. The summed E-state index contributed by atoms with van der Waals surface area (Å²) in [5.41, 5.74) is 2.23. The third-order valence-corrected chi connectivity index (χ3v) is 5.67. The molecule has 5 nitrogen and oxygen atoms in total. The first kappa shape index (κ1) is 18.8. The predicted molar refractivity (Wildman–Crippen MR) is 110 cm³/mol. The van der Waals surface area contributed by atoms with Crippen molar-refractivity contribution in [3.05, 3.63) is 60.2 Å². The van der Waals surface area contributed by atoms with Gasteiger partial charge in [-0.2, -0.15) is 0 Å². The average molecular weight is 380 g/mol. The van der Waals surface area contributed by atoms with Gasteiger partial charge >= 0.3 is 6.09 Å². The Labute approximate surface area is 166 Å². The van der Waals surface area contributed by atoms with Crippen LogP contribution in [0.25, 0.3) is 0 Å². The van der Waals surface area contributed by atoms with Gasteiger partial charge in [0.05, 0.1) is 19.3 Å². The lowest BCUT2D eigenvalue weighted by Crippen LogP contribution is -2.41. The Kier molecular flexibility index (Phi) is 5.81. The third kappa shape index (κ3) is 4.47. The van der Waals surface area contributed by atoms with Crippen molar-refractivity contribution in [1.29, 1.82) is 0 Å². The van der Waals surface area contributed by atoms with Crippen molar-refractivity contribution in [1.82, 2.24) is 4.90 Å². The van der Waals surface area contributed by atoms with Gasteiger partial charge in [-0.25, -0.2) is 4.79 Å². The fraction of sp³-hybridized carbons (Fsp3) is 0.435. The van der Waals surface area contributed by atoms with Gasteiger partial charge in [-0.05, 0) is 49.4 Å². The quantitative estimate of drug-likeness (QED) is 0.760. The molecule has 28 heavy (non-hydrogen) atoms. The first-order valence-corrected chi connectivity index (χ1v) is 10.1. The second-order valence-corrected chi connectivity index (χ2v) is 7.78. The van der Waals surface area contributed by atoms with Gasteiger partial charge in [0.2, 0.25) is 0 Å². The fourth-order valence-corrected chi connectivity index (χ4v) is 4.32. The van der Waals surface area contributed by atoms with Crippen molar-refractivity contribution in [2.45, 2.75) is 25.4 Å². The maximum Gasteiger partial charge on any atom is 0.414 e. The Balaban J connectivity index is 1.33. The van der Waals surface area contributed by atoms with Crippen LogP contribution in [0.15, 0.2) is 54.6 Å². The minimum Gasteiger partial charge on any atom is -0.497 e. The number of anilines is 1. The Hall–Kier alpha value is -2.53. The van der Waals surface area contributed by atoms with Crippen molar-refractivity contribution in [3.63, 3.8) is 0 Å². The lowest BCUT2D eigenvalue weighted by molar-refractivity contribution is 0.0875. The Bertz CT molecular complexity index is 795. The summed E-state index contributed by atoms with van der Waals surface area (Å²) < 4.78 is 10.9. The van der Waals surface area contributed by atoms with E-state index in [1.165, 1.54) is 18.4 Å². The highest BCUT2D eigenvalue weighted by Gasteiger charge is 2.34. The summed E-state index contributed by atoms with van der Waals surface area (Å²) in [6.45, 7) is 3.55. The van der Waals surface area contributed by atoms with Crippen molar-refractivity contribution < 1.29 is 14.3 Å². The van der Waals surface area contributed by atoms with Crippen LogP contribution < -0.4 is 9.64 Å². The molecule has 2 saturated heterocycles. The van der Waals surface area contributed by atoms with E-state index >= 15 is 0 Å². The van der Waals surface area contributed by atoms with Crippen LogP contribution in [0.5, 0.6) is 5.75 Å². The van der Waals surface area contributed by atoms with Crippen LogP contribution in [0, 0.1) is 5.92 Å². The molecule has 2 aliphatic heterocycles. The molecule has 0 bridgehead atoms. The van der Waals surface area contributed by atoms with E-state index in [0.29, 0.717) is 12.5 Å². The molecule has 0 aliphatic carbocycles. The van der Waals surface area contributed by atoms with Crippen LogP contribution >= 0.6 is 0 Å². The SMILES string of the molecule is COc1cccc(N2CC(CN3CCCC(Cc4ccccc4)C3)OC2=O)c1. The zero-order valence-corrected chi connectivity index (χ0v) is 16.4. The Morgan fingerprint density at radius 2 is 1.96 bits per heavy atom. The predicted octanol–water partition coefficient (Wildman–Crippen LogP) is 3.98. The van der Waals surface area contributed by atoms with Crippen molar-refractivity contribution in [3.8, 4) is 5.75 Å². The highest BCUT2D eigenvalue weighted by atomic mass is 16.6. The molecule has 4 rings (SSSR count).